The van der Waals surface area contributed by atoms with Gasteiger partial charge in [-0.2, -0.15) is 0 Å². The number of rotatable bonds is 2. The molecule has 0 heterocycles. The van der Waals surface area contributed by atoms with E-state index in [1.54, 1.807) is 0 Å². The van der Waals surface area contributed by atoms with Gasteiger partial charge in [0.25, 0.3) is 0 Å². The first-order valence-electron chi connectivity index (χ1n) is 6.45. The fraction of sp³-hybridized carbons (Fsp3) is 0.250. The smallest absolute Gasteiger partial charge is 0.0593 e. The summed E-state index contributed by atoms with van der Waals surface area (Å²) in [5.41, 5.74) is 5.26. The molecule has 0 saturated carbocycles. The van der Waals surface area contributed by atoms with Crippen LogP contribution in [0.15, 0.2) is 40.9 Å². The Hall–Kier alpha value is -0.990. The largest absolute Gasteiger partial charge is 0.377 e. The maximum Gasteiger partial charge on any atom is 0.0593 e. The molecule has 0 aromatic heterocycles. The van der Waals surface area contributed by atoms with Crippen LogP contribution in [0.3, 0.4) is 0 Å². The fourth-order valence-corrected chi connectivity index (χ4v) is 3.23. The Balaban J connectivity index is 1.90. The van der Waals surface area contributed by atoms with Crippen molar-refractivity contribution >= 4 is 33.2 Å². The minimum atomic E-state index is 0.379. The van der Waals surface area contributed by atoms with E-state index in [1.165, 1.54) is 16.7 Å². The van der Waals surface area contributed by atoms with Crippen LogP contribution in [0.4, 0.5) is 5.69 Å². The van der Waals surface area contributed by atoms with Gasteiger partial charge in [0.1, 0.15) is 0 Å². The monoisotopic (exact) mass is 335 g/mol. The highest BCUT2D eigenvalue weighted by Crippen LogP contribution is 2.37. The molecule has 0 fully saturated rings. The molecular formula is C16H15BrClN. The summed E-state index contributed by atoms with van der Waals surface area (Å²) in [6.45, 7) is 2.14. The Bertz CT molecular complexity index is 624. The van der Waals surface area contributed by atoms with Gasteiger partial charge in [-0.05, 0) is 59.0 Å². The third-order valence-electron chi connectivity index (χ3n) is 3.66. The normalized spacial score (nSPS) is 17.3. The lowest BCUT2D eigenvalue weighted by Crippen LogP contribution is -2.07. The molecule has 0 aliphatic heterocycles. The second-order valence-electron chi connectivity index (χ2n) is 5.04. The SMILES string of the molecule is Cc1ccc2c(c1)C(Nc1cccc(Cl)c1Br)CC2. The van der Waals surface area contributed by atoms with Crippen LogP contribution in [-0.2, 0) is 6.42 Å². The Morgan fingerprint density at radius 3 is 2.95 bits per heavy atom. The molecule has 1 unspecified atom stereocenters. The first kappa shape index (κ1) is 13.0. The van der Waals surface area contributed by atoms with Gasteiger partial charge in [-0.25, -0.2) is 0 Å². The lowest BCUT2D eigenvalue weighted by molar-refractivity contribution is 0.761. The van der Waals surface area contributed by atoms with E-state index in [4.69, 9.17) is 11.6 Å². The summed E-state index contributed by atoms with van der Waals surface area (Å²) in [6, 6.07) is 13.0. The van der Waals surface area contributed by atoms with E-state index in [0.29, 0.717) is 6.04 Å². The van der Waals surface area contributed by atoms with Gasteiger partial charge in [0, 0.05) is 0 Å². The first-order valence-corrected chi connectivity index (χ1v) is 7.62. The van der Waals surface area contributed by atoms with E-state index in [0.717, 1.165) is 28.0 Å². The summed E-state index contributed by atoms with van der Waals surface area (Å²) in [6.07, 6.45) is 2.28. The second kappa shape index (κ2) is 5.18. The van der Waals surface area contributed by atoms with Crippen LogP contribution in [0.25, 0.3) is 0 Å². The fourth-order valence-electron chi connectivity index (χ4n) is 2.67. The highest BCUT2D eigenvalue weighted by molar-refractivity contribution is 9.10. The van der Waals surface area contributed by atoms with Crippen molar-refractivity contribution in [2.75, 3.05) is 5.32 Å². The maximum absolute atomic E-state index is 6.14. The van der Waals surface area contributed by atoms with Crippen LogP contribution in [0.5, 0.6) is 0 Å². The van der Waals surface area contributed by atoms with Gasteiger partial charge in [-0.3, -0.25) is 0 Å². The molecule has 1 aliphatic carbocycles. The predicted octanol–water partition coefficient (Wildman–Crippen LogP) is 5.51. The van der Waals surface area contributed by atoms with Gasteiger partial charge in [0.2, 0.25) is 0 Å². The van der Waals surface area contributed by atoms with E-state index >= 15 is 0 Å². The Labute approximate surface area is 127 Å². The number of nitrogens with one attached hydrogen (secondary N) is 1. The molecule has 0 amide bonds. The van der Waals surface area contributed by atoms with Crippen molar-refractivity contribution in [1.82, 2.24) is 0 Å². The molecule has 3 rings (SSSR count). The van der Waals surface area contributed by atoms with Crippen molar-refractivity contribution in [2.45, 2.75) is 25.8 Å². The van der Waals surface area contributed by atoms with Crippen molar-refractivity contribution in [2.24, 2.45) is 0 Å². The van der Waals surface area contributed by atoms with Crippen LogP contribution in [-0.4, -0.2) is 0 Å². The molecule has 2 aromatic rings. The second-order valence-corrected chi connectivity index (χ2v) is 6.24. The zero-order chi connectivity index (χ0) is 13.4. The predicted molar refractivity (Wildman–Crippen MR) is 85.0 cm³/mol. The van der Waals surface area contributed by atoms with Crippen molar-refractivity contribution in [3.05, 3.63) is 62.6 Å². The number of anilines is 1. The van der Waals surface area contributed by atoms with Crippen molar-refractivity contribution in [3.63, 3.8) is 0 Å². The summed E-state index contributed by atoms with van der Waals surface area (Å²) >= 11 is 9.69. The first-order chi connectivity index (χ1) is 9.15. The summed E-state index contributed by atoms with van der Waals surface area (Å²) in [7, 11) is 0. The molecule has 1 aliphatic rings. The van der Waals surface area contributed by atoms with Crippen molar-refractivity contribution in [3.8, 4) is 0 Å². The minimum Gasteiger partial charge on any atom is -0.377 e. The summed E-state index contributed by atoms with van der Waals surface area (Å²) in [5.74, 6) is 0. The molecule has 3 heteroatoms. The van der Waals surface area contributed by atoms with Gasteiger partial charge in [-0.15, -0.1) is 0 Å². The van der Waals surface area contributed by atoms with Gasteiger partial charge in [-0.1, -0.05) is 41.4 Å². The van der Waals surface area contributed by atoms with Crippen molar-refractivity contribution < 1.29 is 0 Å². The number of fused-ring (bicyclic) bond motifs is 1. The molecule has 2 aromatic carbocycles. The Kier molecular flexibility index (Phi) is 3.55. The van der Waals surface area contributed by atoms with Gasteiger partial charge in [0.15, 0.2) is 0 Å². The Morgan fingerprint density at radius 2 is 2.11 bits per heavy atom. The van der Waals surface area contributed by atoms with Crippen LogP contribution < -0.4 is 5.32 Å². The molecule has 0 spiro atoms. The molecule has 1 atom stereocenters. The quantitative estimate of drug-likeness (QED) is 0.762. The topological polar surface area (TPSA) is 12.0 Å². The standard InChI is InChI=1S/C16H15BrClN/c1-10-5-6-11-7-8-14(12(11)9-10)19-15-4-2-3-13(18)16(15)17/h2-6,9,14,19H,7-8H2,1H3. The highest BCUT2D eigenvalue weighted by Gasteiger charge is 2.22. The van der Waals surface area contributed by atoms with E-state index in [2.05, 4.69) is 52.4 Å². The summed E-state index contributed by atoms with van der Waals surface area (Å²) in [5, 5.41) is 4.35. The van der Waals surface area contributed by atoms with E-state index in [-0.39, 0.29) is 0 Å². The van der Waals surface area contributed by atoms with E-state index < -0.39 is 0 Å². The lowest BCUT2D eigenvalue weighted by Gasteiger charge is -2.17. The maximum atomic E-state index is 6.14. The van der Waals surface area contributed by atoms with Crippen LogP contribution in [0, 0.1) is 6.92 Å². The number of benzene rings is 2. The van der Waals surface area contributed by atoms with Gasteiger partial charge >= 0.3 is 0 Å². The zero-order valence-corrected chi connectivity index (χ0v) is 13.1. The third-order valence-corrected chi connectivity index (χ3v) is 5.06. The van der Waals surface area contributed by atoms with Crippen LogP contribution in [0.2, 0.25) is 5.02 Å². The average Bonchev–Trinajstić information content (AvgIpc) is 2.78. The number of hydrogen-bond donors (Lipinski definition) is 1. The van der Waals surface area contributed by atoms with Crippen LogP contribution >= 0.6 is 27.5 Å². The molecular weight excluding hydrogens is 322 g/mol. The van der Waals surface area contributed by atoms with E-state index in [1.807, 2.05) is 12.1 Å². The van der Waals surface area contributed by atoms with Gasteiger partial charge in [0.05, 0.1) is 21.2 Å². The van der Waals surface area contributed by atoms with Gasteiger partial charge < -0.3 is 5.32 Å². The van der Waals surface area contributed by atoms with Crippen molar-refractivity contribution in [1.29, 1.82) is 0 Å². The molecule has 1 N–H and O–H groups in total. The Morgan fingerprint density at radius 1 is 1.26 bits per heavy atom. The molecule has 0 bridgehead atoms. The van der Waals surface area contributed by atoms with E-state index in [9.17, 15) is 0 Å². The molecule has 98 valence electrons. The number of halogens is 2. The average molecular weight is 337 g/mol. The molecule has 19 heavy (non-hydrogen) atoms. The molecule has 0 radical (unpaired) electrons. The summed E-state index contributed by atoms with van der Waals surface area (Å²) in [4.78, 5) is 0. The zero-order valence-electron chi connectivity index (χ0n) is 10.7. The molecule has 1 nitrogen and oxygen atoms in total. The number of aryl methyl sites for hydroxylation is 2. The molecule has 0 saturated heterocycles. The minimum absolute atomic E-state index is 0.379. The third kappa shape index (κ3) is 2.52. The highest BCUT2D eigenvalue weighted by atomic mass is 79.9. The lowest BCUT2D eigenvalue weighted by atomic mass is 10.0. The number of hydrogen-bond acceptors (Lipinski definition) is 1. The van der Waals surface area contributed by atoms with Crippen LogP contribution in [0.1, 0.15) is 29.2 Å². The summed E-state index contributed by atoms with van der Waals surface area (Å²) < 4.78 is 0.942.